The Kier molecular flexibility index (Phi) is 4.36. The number of nitrogens with one attached hydrogen (secondary N) is 1. The second-order valence-electron chi connectivity index (χ2n) is 3.62. The number of carbonyl (C=O) groups is 1. The molecule has 0 amide bonds. The standard InChI is InChI=1S/C10H14BrN3O2S/c1-2-16-9(15)7-5-12-3-4-14(7)10-13-8(11)6-17-10/h6-7,12H,2-5H2,1H3. The summed E-state index contributed by atoms with van der Waals surface area (Å²) in [7, 11) is 0. The van der Waals surface area contributed by atoms with Crippen molar-refractivity contribution >= 4 is 38.4 Å². The molecule has 5 nitrogen and oxygen atoms in total. The molecule has 7 heteroatoms. The van der Waals surface area contributed by atoms with Gasteiger partial charge in [0.1, 0.15) is 10.6 Å². The van der Waals surface area contributed by atoms with Gasteiger partial charge in [-0.25, -0.2) is 9.78 Å². The maximum Gasteiger partial charge on any atom is 0.330 e. The molecule has 1 fully saturated rings. The fourth-order valence-electron chi connectivity index (χ4n) is 1.76. The van der Waals surface area contributed by atoms with Crippen LogP contribution in [0.5, 0.6) is 0 Å². The Bertz CT molecular complexity index is 399. The van der Waals surface area contributed by atoms with Gasteiger partial charge in [0.25, 0.3) is 0 Å². The number of rotatable bonds is 3. The highest BCUT2D eigenvalue weighted by molar-refractivity contribution is 9.10. The molecule has 2 heterocycles. The number of ether oxygens (including phenoxy) is 1. The molecule has 94 valence electrons. The molecule has 1 N–H and O–H groups in total. The van der Waals surface area contributed by atoms with Gasteiger partial charge in [0.2, 0.25) is 0 Å². The average molecular weight is 320 g/mol. The Morgan fingerprint density at radius 1 is 1.82 bits per heavy atom. The maximum atomic E-state index is 11.8. The molecule has 2 rings (SSSR count). The lowest BCUT2D eigenvalue weighted by atomic mass is 10.2. The third kappa shape index (κ3) is 2.97. The first kappa shape index (κ1) is 12.8. The Hall–Kier alpha value is -0.660. The summed E-state index contributed by atoms with van der Waals surface area (Å²) in [4.78, 5) is 18.2. The van der Waals surface area contributed by atoms with Crippen LogP contribution in [0.2, 0.25) is 0 Å². The fourth-order valence-corrected chi connectivity index (χ4v) is 3.09. The number of anilines is 1. The Balaban J connectivity index is 2.14. The van der Waals surface area contributed by atoms with Gasteiger partial charge < -0.3 is 15.0 Å². The Morgan fingerprint density at radius 3 is 3.29 bits per heavy atom. The second kappa shape index (κ2) is 5.79. The summed E-state index contributed by atoms with van der Waals surface area (Å²) in [6.45, 7) is 4.45. The van der Waals surface area contributed by atoms with Gasteiger partial charge in [-0.2, -0.15) is 0 Å². The highest BCUT2D eigenvalue weighted by Crippen LogP contribution is 2.26. The van der Waals surface area contributed by atoms with Crippen LogP contribution in [-0.4, -0.2) is 43.2 Å². The smallest absolute Gasteiger partial charge is 0.330 e. The summed E-state index contributed by atoms with van der Waals surface area (Å²) >= 11 is 4.85. The highest BCUT2D eigenvalue weighted by atomic mass is 79.9. The lowest BCUT2D eigenvalue weighted by Crippen LogP contribution is -2.55. The van der Waals surface area contributed by atoms with Crippen molar-refractivity contribution in [1.82, 2.24) is 10.3 Å². The number of halogens is 1. The van der Waals surface area contributed by atoms with Crippen molar-refractivity contribution in [2.75, 3.05) is 31.1 Å². The van der Waals surface area contributed by atoms with Crippen LogP contribution >= 0.6 is 27.3 Å². The third-order valence-electron chi connectivity index (χ3n) is 2.51. The van der Waals surface area contributed by atoms with Crippen molar-refractivity contribution in [3.63, 3.8) is 0 Å². The largest absolute Gasteiger partial charge is 0.464 e. The summed E-state index contributed by atoms with van der Waals surface area (Å²) in [6, 6.07) is -0.276. The van der Waals surface area contributed by atoms with E-state index in [2.05, 4.69) is 26.2 Å². The van der Waals surface area contributed by atoms with E-state index < -0.39 is 0 Å². The molecule has 1 aromatic heterocycles. The monoisotopic (exact) mass is 319 g/mol. The van der Waals surface area contributed by atoms with Crippen molar-refractivity contribution in [1.29, 1.82) is 0 Å². The summed E-state index contributed by atoms with van der Waals surface area (Å²) in [5.74, 6) is -0.189. The van der Waals surface area contributed by atoms with Crippen LogP contribution in [0, 0.1) is 0 Å². The number of carbonyl (C=O) groups excluding carboxylic acids is 1. The maximum absolute atomic E-state index is 11.8. The molecule has 0 radical (unpaired) electrons. The molecular weight excluding hydrogens is 306 g/mol. The first-order chi connectivity index (χ1) is 8.22. The molecule has 0 bridgehead atoms. The Labute approximate surface area is 112 Å². The molecule has 17 heavy (non-hydrogen) atoms. The van der Waals surface area contributed by atoms with E-state index >= 15 is 0 Å². The number of thiazole rings is 1. The number of hydrogen-bond acceptors (Lipinski definition) is 6. The molecule has 1 unspecified atom stereocenters. The minimum absolute atomic E-state index is 0.189. The van der Waals surface area contributed by atoms with E-state index in [0.29, 0.717) is 13.2 Å². The first-order valence-corrected chi connectivity index (χ1v) is 7.14. The first-order valence-electron chi connectivity index (χ1n) is 5.47. The zero-order valence-electron chi connectivity index (χ0n) is 9.48. The van der Waals surface area contributed by atoms with Crippen LogP contribution in [0.25, 0.3) is 0 Å². The molecule has 1 aromatic rings. The van der Waals surface area contributed by atoms with E-state index in [9.17, 15) is 4.79 Å². The van der Waals surface area contributed by atoms with Crippen LogP contribution in [0.4, 0.5) is 5.13 Å². The number of esters is 1. The molecule has 0 spiro atoms. The molecule has 1 atom stereocenters. The van der Waals surface area contributed by atoms with Crippen LogP contribution in [0.1, 0.15) is 6.92 Å². The summed E-state index contributed by atoms with van der Waals surface area (Å²) < 4.78 is 5.89. The SMILES string of the molecule is CCOC(=O)C1CNCCN1c1nc(Br)cs1. The number of hydrogen-bond donors (Lipinski definition) is 1. The van der Waals surface area contributed by atoms with E-state index in [1.54, 1.807) is 0 Å². The van der Waals surface area contributed by atoms with E-state index in [4.69, 9.17) is 4.74 Å². The van der Waals surface area contributed by atoms with Gasteiger partial charge in [-0.15, -0.1) is 11.3 Å². The molecule has 0 aromatic carbocycles. The number of aromatic nitrogens is 1. The van der Waals surface area contributed by atoms with Crippen molar-refractivity contribution in [2.45, 2.75) is 13.0 Å². The van der Waals surface area contributed by atoms with Gasteiger partial charge in [-0.05, 0) is 22.9 Å². The van der Waals surface area contributed by atoms with Crippen molar-refractivity contribution in [2.24, 2.45) is 0 Å². The molecular formula is C10H14BrN3O2S. The number of nitrogens with zero attached hydrogens (tertiary/aromatic N) is 2. The lowest BCUT2D eigenvalue weighted by molar-refractivity contribution is -0.144. The summed E-state index contributed by atoms with van der Waals surface area (Å²) in [5, 5.41) is 5.98. The predicted octanol–water partition coefficient (Wildman–Crippen LogP) is 1.25. The van der Waals surface area contributed by atoms with Crippen LogP contribution < -0.4 is 10.2 Å². The summed E-state index contributed by atoms with van der Waals surface area (Å²) in [6.07, 6.45) is 0. The third-order valence-corrected chi connectivity index (χ3v) is 4.10. The average Bonchev–Trinajstić information content (AvgIpc) is 2.76. The quantitative estimate of drug-likeness (QED) is 0.850. The lowest BCUT2D eigenvalue weighted by Gasteiger charge is -2.34. The molecule has 1 aliphatic rings. The van der Waals surface area contributed by atoms with Gasteiger partial charge in [0, 0.05) is 25.0 Å². The van der Waals surface area contributed by atoms with E-state index in [1.807, 2.05) is 17.2 Å². The molecule has 1 saturated heterocycles. The van der Waals surface area contributed by atoms with Crippen molar-refractivity contribution in [3.8, 4) is 0 Å². The van der Waals surface area contributed by atoms with Gasteiger partial charge in [-0.1, -0.05) is 0 Å². The molecule has 0 saturated carbocycles. The predicted molar refractivity (Wildman–Crippen MR) is 70.5 cm³/mol. The van der Waals surface area contributed by atoms with Gasteiger partial charge in [-0.3, -0.25) is 0 Å². The Morgan fingerprint density at radius 2 is 2.65 bits per heavy atom. The van der Waals surface area contributed by atoms with Gasteiger partial charge >= 0.3 is 5.97 Å². The molecule has 0 aliphatic carbocycles. The van der Waals surface area contributed by atoms with Crippen LogP contribution in [-0.2, 0) is 9.53 Å². The minimum atomic E-state index is -0.276. The highest BCUT2D eigenvalue weighted by Gasteiger charge is 2.31. The second-order valence-corrected chi connectivity index (χ2v) is 5.27. The van der Waals surface area contributed by atoms with E-state index in [1.165, 1.54) is 11.3 Å². The zero-order chi connectivity index (χ0) is 12.3. The topological polar surface area (TPSA) is 54.5 Å². The van der Waals surface area contributed by atoms with Crippen molar-refractivity contribution in [3.05, 3.63) is 9.98 Å². The molecule has 1 aliphatic heterocycles. The van der Waals surface area contributed by atoms with Crippen LogP contribution in [0.15, 0.2) is 9.98 Å². The van der Waals surface area contributed by atoms with Gasteiger partial charge in [0.05, 0.1) is 6.61 Å². The van der Waals surface area contributed by atoms with E-state index in [0.717, 1.165) is 22.8 Å². The van der Waals surface area contributed by atoms with Gasteiger partial charge in [0.15, 0.2) is 5.13 Å². The van der Waals surface area contributed by atoms with Crippen molar-refractivity contribution < 1.29 is 9.53 Å². The zero-order valence-corrected chi connectivity index (χ0v) is 11.9. The normalized spacial score (nSPS) is 20.4. The van der Waals surface area contributed by atoms with E-state index in [-0.39, 0.29) is 12.0 Å². The number of piperazine rings is 1. The summed E-state index contributed by atoms with van der Waals surface area (Å²) in [5.41, 5.74) is 0. The fraction of sp³-hybridized carbons (Fsp3) is 0.600. The van der Waals surface area contributed by atoms with Crippen LogP contribution in [0.3, 0.4) is 0 Å². The minimum Gasteiger partial charge on any atom is -0.464 e.